The lowest BCUT2D eigenvalue weighted by Gasteiger charge is -2.24. The number of alkyl halides is 1. The third kappa shape index (κ3) is 2.70. The van der Waals surface area contributed by atoms with Crippen LogP contribution in [0.3, 0.4) is 0 Å². The van der Waals surface area contributed by atoms with Gasteiger partial charge in [-0.25, -0.2) is 13.9 Å². The number of hydrogen-bond acceptors (Lipinski definition) is 3. The van der Waals surface area contributed by atoms with Crippen LogP contribution in [0, 0.1) is 5.82 Å². The summed E-state index contributed by atoms with van der Waals surface area (Å²) in [6.07, 6.45) is -1.36. The third-order valence-electron chi connectivity index (χ3n) is 3.12. The fourth-order valence-electron chi connectivity index (χ4n) is 2.29. The molecular formula is C11H14F2N2O3S. The summed E-state index contributed by atoms with van der Waals surface area (Å²) >= 11 is 0. The molecule has 8 heteroatoms. The highest BCUT2D eigenvalue weighted by molar-refractivity contribution is 7.86. The van der Waals surface area contributed by atoms with Crippen LogP contribution in [-0.4, -0.2) is 32.5 Å². The minimum Gasteiger partial charge on any atom is -0.496 e. The molecule has 0 spiro atoms. The van der Waals surface area contributed by atoms with Gasteiger partial charge in [0.2, 0.25) is 0 Å². The van der Waals surface area contributed by atoms with E-state index in [0.717, 1.165) is 16.4 Å². The highest BCUT2D eigenvalue weighted by Gasteiger charge is 2.42. The predicted octanol–water partition coefficient (Wildman–Crippen LogP) is 1.12. The first-order valence-corrected chi connectivity index (χ1v) is 7.12. The van der Waals surface area contributed by atoms with Gasteiger partial charge in [0, 0.05) is 18.2 Å². The molecule has 1 fully saturated rings. The maximum Gasteiger partial charge on any atom is 0.277 e. The van der Waals surface area contributed by atoms with Crippen molar-refractivity contribution in [1.82, 2.24) is 4.31 Å². The lowest BCUT2D eigenvalue weighted by atomic mass is 10.0. The molecule has 0 saturated carbocycles. The predicted molar refractivity (Wildman–Crippen MR) is 65.0 cm³/mol. The summed E-state index contributed by atoms with van der Waals surface area (Å²) in [5.41, 5.74) is 0.267. The highest BCUT2D eigenvalue weighted by atomic mass is 32.2. The van der Waals surface area contributed by atoms with Crippen LogP contribution in [0.5, 0.6) is 5.75 Å². The van der Waals surface area contributed by atoms with Gasteiger partial charge in [-0.3, -0.25) is 0 Å². The number of benzene rings is 1. The Hall–Kier alpha value is -1.25. The fourth-order valence-corrected chi connectivity index (χ4v) is 3.21. The summed E-state index contributed by atoms with van der Waals surface area (Å²) in [4.78, 5) is 0. The van der Waals surface area contributed by atoms with Gasteiger partial charge < -0.3 is 4.74 Å². The molecule has 1 heterocycles. The van der Waals surface area contributed by atoms with E-state index in [1.54, 1.807) is 0 Å². The summed E-state index contributed by atoms with van der Waals surface area (Å²) in [5.74, 6) is -0.445. The molecule has 1 saturated heterocycles. The molecule has 0 bridgehead atoms. The number of rotatable bonds is 3. The Morgan fingerprint density at radius 1 is 1.47 bits per heavy atom. The van der Waals surface area contributed by atoms with E-state index < -0.39 is 28.2 Å². The van der Waals surface area contributed by atoms with Gasteiger partial charge in [0.05, 0.1) is 13.2 Å². The number of halogens is 2. The van der Waals surface area contributed by atoms with Gasteiger partial charge in [-0.15, -0.1) is 0 Å². The van der Waals surface area contributed by atoms with Crippen molar-refractivity contribution in [2.24, 2.45) is 5.14 Å². The normalized spacial score (nSPS) is 24.6. The summed E-state index contributed by atoms with van der Waals surface area (Å²) in [5, 5.41) is 5.07. The van der Waals surface area contributed by atoms with Gasteiger partial charge in [-0.1, -0.05) is 6.07 Å². The second kappa shape index (κ2) is 5.03. The first-order valence-electron chi connectivity index (χ1n) is 5.61. The molecule has 106 valence electrons. The van der Waals surface area contributed by atoms with E-state index in [9.17, 15) is 17.2 Å². The van der Waals surface area contributed by atoms with Crippen molar-refractivity contribution < 1.29 is 21.9 Å². The van der Waals surface area contributed by atoms with Gasteiger partial charge in [-0.05, 0) is 12.5 Å². The molecule has 2 unspecified atom stereocenters. The maximum absolute atomic E-state index is 14.0. The van der Waals surface area contributed by atoms with E-state index in [4.69, 9.17) is 9.88 Å². The molecule has 5 nitrogen and oxygen atoms in total. The Balaban J connectivity index is 2.49. The van der Waals surface area contributed by atoms with E-state index in [0.29, 0.717) is 0 Å². The van der Waals surface area contributed by atoms with E-state index >= 15 is 0 Å². The van der Waals surface area contributed by atoms with Crippen molar-refractivity contribution in [1.29, 1.82) is 0 Å². The molecule has 1 aliphatic rings. The molecule has 0 aromatic heterocycles. The minimum absolute atomic E-state index is 0.00873. The monoisotopic (exact) mass is 292 g/mol. The Kier molecular flexibility index (Phi) is 3.75. The summed E-state index contributed by atoms with van der Waals surface area (Å²) < 4.78 is 55.8. The van der Waals surface area contributed by atoms with Crippen LogP contribution in [0.4, 0.5) is 8.78 Å². The molecule has 0 aliphatic carbocycles. The molecule has 0 amide bonds. The van der Waals surface area contributed by atoms with E-state index in [1.165, 1.54) is 13.2 Å². The smallest absolute Gasteiger partial charge is 0.277 e. The van der Waals surface area contributed by atoms with E-state index in [2.05, 4.69) is 0 Å². The van der Waals surface area contributed by atoms with Crippen molar-refractivity contribution in [2.75, 3.05) is 13.7 Å². The van der Waals surface area contributed by atoms with Crippen LogP contribution in [0.1, 0.15) is 18.0 Å². The molecular weight excluding hydrogens is 278 g/mol. The van der Waals surface area contributed by atoms with Gasteiger partial charge in [0.1, 0.15) is 17.7 Å². The third-order valence-corrected chi connectivity index (χ3v) is 4.18. The summed E-state index contributed by atoms with van der Waals surface area (Å²) in [6.45, 7) is -0.00873. The van der Waals surface area contributed by atoms with Crippen LogP contribution in [-0.2, 0) is 10.2 Å². The largest absolute Gasteiger partial charge is 0.496 e. The second-order valence-corrected chi connectivity index (χ2v) is 5.79. The standard InChI is InChI=1S/C11H14F2N2O3S/c1-18-10-6-7(12)2-3-8(10)11-9(13)4-5-15(11)19(14,16)17/h2-3,6,9,11H,4-5H2,1H3,(H2,14,16,17). The Labute approximate surface area is 110 Å². The van der Waals surface area contributed by atoms with Crippen molar-refractivity contribution in [3.63, 3.8) is 0 Å². The van der Waals surface area contributed by atoms with Crippen molar-refractivity contribution >= 4 is 10.2 Å². The Morgan fingerprint density at radius 2 is 2.16 bits per heavy atom. The van der Waals surface area contributed by atoms with Crippen LogP contribution in [0.25, 0.3) is 0 Å². The zero-order valence-electron chi connectivity index (χ0n) is 10.2. The van der Waals surface area contributed by atoms with E-state index in [-0.39, 0.29) is 24.3 Å². The molecule has 19 heavy (non-hydrogen) atoms. The van der Waals surface area contributed by atoms with Crippen LogP contribution >= 0.6 is 0 Å². The fraction of sp³-hybridized carbons (Fsp3) is 0.455. The van der Waals surface area contributed by atoms with Gasteiger partial charge in [0.15, 0.2) is 0 Å². The molecule has 1 aromatic rings. The summed E-state index contributed by atoms with van der Waals surface area (Å²) in [6, 6.07) is 2.45. The van der Waals surface area contributed by atoms with Crippen LogP contribution < -0.4 is 9.88 Å². The highest BCUT2D eigenvalue weighted by Crippen LogP contribution is 2.40. The lowest BCUT2D eigenvalue weighted by Crippen LogP contribution is -2.37. The quantitative estimate of drug-likeness (QED) is 0.907. The molecule has 1 aliphatic heterocycles. The van der Waals surface area contributed by atoms with Gasteiger partial charge >= 0.3 is 0 Å². The average Bonchev–Trinajstić information content (AvgIpc) is 2.71. The SMILES string of the molecule is COc1cc(F)ccc1C1C(F)CCN1S(N)(=O)=O. The molecule has 2 rings (SSSR count). The number of nitrogens with zero attached hydrogens (tertiary/aromatic N) is 1. The first kappa shape index (κ1) is 14.2. The van der Waals surface area contributed by atoms with Gasteiger partial charge in [0.25, 0.3) is 10.2 Å². The zero-order chi connectivity index (χ0) is 14.2. The Bertz CT molecular complexity index is 579. The number of hydrogen-bond donors (Lipinski definition) is 1. The average molecular weight is 292 g/mol. The Morgan fingerprint density at radius 3 is 2.74 bits per heavy atom. The van der Waals surface area contributed by atoms with Gasteiger partial charge in [-0.2, -0.15) is 12.7 Å². The number of nitrogens with two attached hydrogens (primary N) is 1. The minimum atomic E-state index is -4.02. The van der Waals surface area contributed by atoms with Crippen molar-refractivity contribution in [2.45, 2.75) is 18.6 Å². The molecule has 1 aromatic carbocycles. The van der Waals surface area contributed by atoms with Crippen LogP contribution in [0.2, 0.25) is 0 Å². The number of methoxy groups -OCH3 is 1. The topological polar surface area (TPSA) is 72.6 Å². The molecule has 0 radical (unpaired) electrons. The summed E-state index contributed by atoms with van der Waals surface area (Å²) in [7, 11) is -2.72. The zero-order valence-corrected chi connectivity index (χ0v) is 11.0. The molecule has 2 N–H and O–H groups in total. The van der Waals surface area contributed by atoms with Crippen molar-refractivity contribution in [3.05, 3.63) is 29.6 Å². The molecule has 2 atom stereocenters. The van der Waals surface area contributed by atoms with Crippen molar-refractivity contribution in [3.8, 4) is 5.75 Å². The first-order chi connectivity index (χ1) is 8.84. The number of ether oxygens (including phenoxy) is 1. The lowest BCUT2D eigenvalue weighted by molar-refractivity contribution is 0.256. The van der Waals surface area contributed by atoms with Crippen LogP contribution in [0.15, 0.2) is 18.2 Å². The second-order valence-electron chi connectivity index (χ2n) is 4.29. The maximum atomic E-state index is 14.0. The van der Waals surface area contributed by atoms with E-state index in [1.807, 2.05) is 0 Å².